The molecule has 5 nitrogen and oxygen atoms in total. The summed E-state index contributed by atoms with van der Waals surface area (Å²) in [5.41, 5.74) is -0.156. The smallest absolute Gasteiger partial charge is 0.326 e. The van der Waals surface area contributed by atoms with Crippen LogP contribution in [0.4, 0.5) is 4.39 Å². The molecule has 1 aromatic rings. The third kappa shape index (κ3) is 4.24. The largest absolute Gasteiger partial charge is 0.507 e. The molecule has 0 saturated heterocycles. The number of carbonyl (C=O) groups excluding carboxylic acids is 1. The third-order valence-corrected chi connectivity index (χ3v) is 2.51. The summed E-state index contributed by atoms with van der Waals surface area (Å²) in [6.07, 6.45) is 0.267. The first-order valence-electron chi connectivity index (χ1n) is 5.83. The summed E-state index contributed by atoms with van der Waals surface area (Å²) in [6, 6.07) is 1.88. The van der Waals surface area contributed by atoms with Gasteiger partial charge in [0.2, 0.25) is 0 Å². The fourth-order valence-corrected chi connectivity index (χ4v) is 1.63. The van der Waals surface area contributed by atoms with Gasteiger partial charge in [0.1, 0.15) is 17.6 Å². The van der Waals surface area contributed by atoms with Crippen molar-refractivity contribution < 1.29 is 24.2 Å². The first-order valence-corrected chi connectivity index (χ1v) is 5.83. The van der Waals surface area contributed by atoms with E-state index < -0.39 is 29.5 Å². The highest BCUT2D eigenvalue weighted by molar-refractivity contribution is 5.98. The molecule has 0 bridgehead atoms. The first kappa shape index (κ1) is 14.9. The van der Waals surface area contributed by atoms with Crippen LogP contribution in [0.25, 0.3) is 0 Å². The van der Waals surface area contributed by atoms with Crippen molar-refractivity contribution in [1.82, 2.24) is 5.32 Å². The van der Waals surface area contributed by atoms with Gasteiger partial charge in [-0.05, 0) is 24.5 Å². The fraction of sp³-hybridized carbons (Fsp3) is 0.385. The Balaban J connectivity index is 2.84. The van der Waals surface area contributed by atoms with Crippen LogP contribution >= 0.6 is 0 Å². The number of phenolic OH excluding ortho intramolecular Hbond substituents is 1. The monoisotopic (exact) mass is 269 g/mol. The van der Waals surface area contributed by atoms with Crippen molar-refractivity contribution in [3.8, 4) is 5.75 Å². The Morgan fingerprint density at radius 1 is 1.37 bits per heavy atom. The van der Waals surface area contributed by atoms with E-state index in [2.05, 4.69) is 5.32 Å². The van der Waals surface area contributed by atoms with E-state index in [0.29, 0.717) is 0 Å². The Hall–Kier alpha value is -2.11. The number of aliphatic carboxylic acids is 1. The van der Waals surface area contributed by atoms with Crippen molar-refractivity contribution in [3.05, 3.63) is 29.6 Å². The minimum absolute atomic E-state index is 0.0863. The van der Waals surface area contributed by atoms with Gasteiger partial charge in [-0.3, -0.25) is 4.79 Å². The summed E-state index contributed by atoms with van der Waals surface area (Å²) in [4.78, 5) is 22.8. The predicted molar refractivity (Wildman–Crippen MR) is 66.4 cm³/mol. The second-order valence-electron chi connectivity index (χ2n) is 4.66. The zero-order chi connectivity index (χ0) is 14.6. The minimum atomic E-state index is -1.15. The predicted octanol–water partition coefficient (Wildman–Crippen LogP) is 1.76. The summed E-state index contributed by atoms with van der Waals surface area (Å²) in [5.74, 6) is -3.00. The summed E-state index contributed by atoms with van der Waals surface area (Å²) < 4.78 is 12.8. The van der Waals surface area contributed by atoms with Crippen molar-refractivity contribution >= 4 is 11.9 Å². The summed E-state index contributed by atoms with van der Waals surface area (Å²) in [6.45, 7) is 3.66. The highest BCUT2D eigenvalue weighted by atomic mass is 19.1. The lowest BCUT2D eigenvalue weighted by Gasteiger charge is -2.16. The van der Waals surface area contributed by atoms with Gasteiger partial charge >= 0.3 is 5.97 Å². The number of carboxylic acid groups (broad SMARTS) is 1. The molecule has 1 atom stereocenters. The Morgan fingerprint density at radius 2 is 2.00 bits per heavy atom. The molecule has 1 aromatic carbocycles. The van der Waals surface area contributed by atoms with Crippen LogP contribution in [0, 0.1) is 11.7 Å². The second-order valence-corrected chi connectivity index (χ2v) is 4.66. The lowest BCUT2D eigenvalue weighted by Crippen LogP contribution is -2.41. The number of phenols is 1. The maximum atomic E-state index is 12.8. The van der Waals surface area contributed by atoms with E-state index in [-0.39, 0.29) is 17.9 Å². The molecule has 0 saturated carbocycles. The van der Waals surface area contributed by atoms with Gasteiger partial charge in [-0.25, -0.2) is 9.18 Å². The van der Waals surface area contributed by atoms with Gasteiger partial charge in [0.25, 0.3) is 5.91 Å². The van der Waals surface area contributed by atoms with Crippen LogP contribution in [0.3, 0.4) is 0 Å². The molecule has 1 amide bonds. The van der Waals surface area contributed by atoms with E-state index >= 15 is 0 Å². The second kappa shape index (κ2) is 6.17. The Morgan fingerprint density at radius 3 is 2.47 bits per heavy atom. The third-order valence-electron chi connectivity index (χ3n) is 2.51. The molecule has 0 aromatic heterocycles. The molecule has 1 rings (SSSR count). The minimum Gasteiger partial charge on any atom is -0.507 e. The number of benzene rings is 1. The molecular weight excluding hydrogens is 253 g/mol. The quantitative estimate of drug-likeness (QED) is 0.760. The molecule has 0 spiro atoms. The van der Waals surface area contributed by atoms with Crippen LogP contribution in [0.5, 0.6) is 5.75 Å². The lowest BCUT2D eigenvalue weighted by atomic mass is 10.0. The van der Waals surface area contributed by atoms with E-state index in [1.54, 1.807) is 0 Å². The van der Waals surface area contributed by atoms with Gasteiger partial charge in [0.05, 0.1) is 5.56 Å². The van der Waals surface area contributed by atoms with E-state index in [1.807, 2.05) is 13.8 Å². The molecule has 1 unspecified atom stereocenters. The van der Waals surface area contributed by atoms with Crippen molar-refractivity contribution in [1.29, 1.82) is 0 Å². The standard InChI is InChI=1S/C13H16FNO4/c1-7(2)5-10(13(18)19)15-12(17)9-4-3-8(14)6-11(9)16/h3-4,6-7,10,16H,5H2,1-2H3,(H,15,17)(H,18,19). The zero-order valence-corrected chi connectivity index (χ0v) is 10.7. The van der Waals surface area contributed by atoms with Crippen LogP contribution in [0.2, 0.25) is 0 Å². The molecule has 0 radical (unpaired) electrons. The van der Waals surface area contributed by atoms with Crippen LogP contribution in [0.1, 0.15) is 30.6 Å². The highest BCUT2D eigenvalue weighted by Gasteiger charge is 2.23. The number of nitrogens with one attached hydrogen (secondary N) is 1. The van der Waals surface area contributed by atoms with Gasteiger partial charge in [-0.2, -0.15) is 0 Å². The number of amides is 1. The molecule has 0 aliphatic rings. The van der Waals surface area contributed by atoms with Crippen LogP contribution in [-0.2, 0) is 4.79 Å². The molecule has 0 fully saturated rings. The molecule has 104 valence electrons. The van der Waals surface area contributed by atoms with E-state index in [9.17, 15) is 19.1 Å². The molecule has 3 N–H and O–H groups in total. The van der Waals surface area contributed by atoms with Gasteiger partial charge in [0, 0.05) is 6.07 Å². The number of halogens is 1. The number of rotatable bonds is 5. The van der Waals surface area contributed by atoms with Crippen molar-refractivity contribution in [3.63, 3.8) is 0 Å². The molecule has 0 aliphatic heterocycles. The topological polar surface area (TPSA) is 86.6 Å². The van der Waals surface area contributed by atoms with E-state index in [1.165, 1.54) is 0 Å². The van der Waals surface area contributed by atoms with Crippen molar-refractivity contribution in [2.45, 2.75) is 26.3 Å². The average molecular weight is 269 g/mol. The maximum Gasteiger partial charge on any atom is 0.326 e. The van der Waals surface area contributed by atoms with Gasteiger partial charge in [0.15, 0.2) is 0 Å². The summed E-state index contributed by atoms with van der Waals surface area (Å²) in [7, 11) is 0. The number of hydrogen-bond donors (Lipinski definition) is 3. The fourth-order valence-electron chi connectivity index (χ4n) is 1.63. The molecule has 19 heavy (non-hydrogen) atoms. The molecule has 0 aliphatic carbocycles. The molecular formula is C13H16FNO4. The number of aromatic hydroxyl groups is 1. The average Bonchev–Trinajstić information content (AvgIpc) is 2.26. The van der Waals surface area contributed by atoms with Gasteiger partial charge < -0.3 is 15.5 Å². The number of hydrogen-bond acceptors (Lipinski definition) is 3. The number of carboxylic acids is 1. The van der Waals surface area contributed by atoms with E-state index in [4.69, 9.17) is 5.11 Å². The zero-order valence-electron chi connectivity index (χ0n) is 10.7. The Kier molecular flexibility index (Phi) is 4.86. The summed E-state index contributed by atoms with van der Waals surface area (Å²) in [5, 5.41) is 20.7. The van der Waals surface area contributed by atoms with Crippen LogP contribution < -0.4 is 5.32 Å². The normalized spacial score (nSPS) is 12.2. The Bertz CT molecular complexity index is 488. The molecule has 6 heteroatoms. The molecule has 0 heterocycles. The maximum absolute atomic E-state index is 12.8. The SMILES string of the molecule is CC(C)CC(NC(=O)c1ccc(F)cc1O)C(=O)O. The lowest BCUT2D eigenvalue weighted by molar-refractivity contribution is -0.139. The Labute approximate surface area is 110 Å². The van der Waals surface area contributed by atoms with E-state index in [0.717, 1.165) is 18.2 Å². The van der Waals surface area contributed by atoms with Crippen molar-refractivity contribution in [2.75, 3.05) is 0 Å². The first-order chi connectivity index (χ1) is 8.81. The van der Waals surface area contributed by atoms with Gasteiger partial charge in [-0.15, -0.1) is 0 Å². The van der Waals surface area contributed by atoms with Crippen molar-refractivity contribution in [2.24, 2.45) is 5.92 Å². The van der Waals surface area contributed by atoms with Crippen LogP contribution in [-0.4, -0.2) is 28.1 Å². The summed E-state index contributed by atoms with van der Waals surface area (Å²) >= 11 is 0. The number of carbonyl (C=O) groups is 2. The van der Waals surface area contributed by atoms with Gasteiger partial charge in [-0.1, -0.05) is 13.8 Å². The van der Waals surface area contributed by atoms with Crippen LogP contribution in [0.15, 0.2) is 18.2 Å². The highest BCUT2D eigenvalue weighted by Crippen LogP contribution is 2.18.